The van der Waals surface area contributed by atoms with Gasteiger partial charge >= 0.3 is 6.09 Å². The van der Waals surface area contributed by atoms with E-state index in [0.29, 0.717) is 12.6 Å². The zero-order chi connectivity index (χ0) is 17.6. The normalized spacial score (nSPS) is 20.0. The lowest BCUT2D eigenvalue weighted by atomic mass is 9.85. The van der Waals surface area contributed by atoms with Gasteiger partial charge in [-0.25, -0.2) is 4.79 Å². The van der Waals surface area contributed by atoms with Crippen molar-refractivity contribution in [3.05, 3.63) is 35.9 Å². The lowest BCUT2D eigenvalue weighted by Gasteiger charge is -2.38. The van der Waals surface area contributed by atoms with Gasteiger partial charge in [0.25, 0.3) is 0 Å². The highest BCUT2D eigenvalue weighted by Gasteiger charge is 2.33. The van der Waals surface area contributed by atoms with Gasteiger partial charge in [-0.15, -0.1) is 0 Å². The van der Waals surface area contributed by atoms with Crippen LogP contribution in [-0.2, 0) is 16.1 Å². The van der Waals surface area contributed by atoms with Crippen molar-refractivity contribution in [2.24, 2.45) is 5.41 Å². The number of amides is 2. The van der Waals surface area contributed by atoms with Crippen LogP contribution >= 0.6 is 0 Å². The molecule has 6 nitrogen and oxygen atoms in total. The number of hydrogen-bond donors (Lipinski definition) is 3. The average Bonchev–Trinajstić information content (AvgIpc) is 2.54. The molecule has 0 atom stereocenters. The SMILES string of the molecule is CNC(=O)C(C)(C)CNC1CC(NC(=O)OCc2ccccc2)C1. The van der Waals surface area contributed by atoms with Crippen LogP contribution in [0.4, 0.5) is 4.79 Å². The van der Waals surface area contributed by atoms with Crippen LogP contribution in [0.2, 0.25) is 0 Å². The van der Waals surface area contributed by atoms with Gasteiger partial charge < -0.3 is 20.7 Å². The fraction of sp³-hybridized carbons (Fsp3) is 0.556. The standard InChI is InChI=1S/C18H27N3O3/c1-18(2,16(22)19-3)12-20-14-9-15(10-14)21-17(23)24-11-13-7-5-4-6-8-13/h4-8,14-15,20H,9-12H2,1-3H3,(H,19,22)(H,21,23). The van der Waals surface area contributed by atoms with E-state index in [-0.39, 0.29) is 24.6 Å². The molecule has 1 saturated carbocycles. The second-order valence-electron chi connectivity index (χ2n) is 6.92. The molecule has 6 heteroatoms. The van der Waals surface area contributed by atoms with E-state index in [1.165, 1.54) is 0 Å². The van der Waals surface area contributed by atoms with Gasteiger partial charge in [-0.3, -0.25) is 4.79 Å². The fourth-order valence-electron chi connectivity index (χ4n) is 2.65. The minimum atomic E-state index is -0.443. The number of benzene rings is 1. The number of rotatable bonds is 7. The zero-order valence-electron chi connectivity index (χ0n) is 14.6. The Balaban J connectivity index is 1.61. The van der Waals surface area contributed by atoms with Crippen molar-refractivity contribution < 1.29 is 14.3 Å². The molecule has 0 aromatic heterocycles. The zero-order valence-corrected chi connectivity index (χ0v) is 14.6. The van der Waals surface area contributed by atoms with E-state index in [4.69, 9.17) is 4.74 Å². The highest BCUT2D eigenvalue weighted by atomic mass is 16.5. The van der Waals surface area contributed by atoms with E-state index in [2.05, 4.69) is 16.0 Å². The summed E-state index contributed by atoms with van der Waals surface area (Å²) in [6.45, 7) is 4.71. The maximum atomic E-state index is 11.8. The second kappa shape index (κ2) is 8.15. The molecule has 132 valence electrons. The molecule has 0 saturated heterocycles. The third-order valence-electron chi connectivity index (χ3n) is 4.35. The van der Waals surface area contributed by atoms with Crippen molar-refractivity contribution in [1.29, 1.82) is 0 Å². The Kier molecular flexibility index (Phi) is 6.20. The minimum absolute atomic E-state index is 0.0217. The van der Waals surface area contributed by atoms with E-state index in [1.807, 2.05) is 44.2 Å². The smallest absolute Gasteiger partial charge is 0.407 e. The third-order valence-corrected chi connectivity index (χ3v) is 4.35. The number of ether oxygens (including phenoxy) is 1. The predicted molar refractivity (Wildman–Crippen MR) is 92.4 cm³/mol. The Labute approximate surface area is 143 Å². The summed E-state index contributed by atoms with van der Waals surface area (Å²) < 4.78 is 5.21. The van der Waals surface area contributed by atoms with Crippen LogP contribution in [0.15, 0.2) is 30.3 Å². The van der Waals surface area contributed by atoms with Gasteiger partial charge in [-0.2, -0.15) is 0 Å². The fourth-order valence-corrected chi connectivity index (χ4v) is 2.65. The Morgan fingerprint density at radius 2 is 1.83 bits per heavy atom. The van der Waals surface area contributed by atoms with Crippen molar-refractivity contribution in [3.63, 3.8) is 0 Å². The first-order chi connectivity index (χ1) is 11.4. The number of hydrogen-bond acceptors (Lipinski definition) is 4. The Hall–Kier alpha value is -2.08. The van der Waals surface area contributed by atoms with Crippen molar-refractivity contribution in [2.75, 3.05) is 13.6 Å². The van der Waals surface area contributed by atoms with E-state index in [1.54, 1.807) is 7.05 Å². The van der Waals surface area contributed by atoms with E-state index in [9.17, 15) is 9.59 Å². The minimum Gasteiger partial charge on any atom is -0.445 e. The van der Waals surface area contributed by atoms with Crippen LogP contribution < -0.4 is 16.0 Å². The van der Waals surface area contributed by atoms with Crippen LogP contribution in [0.3, 0.4) is 0 Å². The first-order valence-corrected chi connectivity index (χ1v) is 8.33. The number of nitrogens with one attached hydrogen (secondary N) is 3. The average molecular weight is 333 g/mol. The highest BCUT2D eigenvalue weighted by Crippen LogP contribution is 2.22. The molecule has 2 amide bonds. The van der Waals surface area contributed by atoms with Crippen LogP contribution in [0.25, 0.3) is 0 Å². The summed E-state index contributed by atoms with van der Waals surface area (Å²) in [5.74, 6) is 0.0217. The summed E-state index contributed by atoms with van der Waals surface area (Å²) in [5.41, 5.74) is 0.527. The molecule has 0 unspecified atom stereocenters. The van der Waals surface area contributed by atoms with Gasteiger partial charge in [0.1, 0.15) is 6.61 Å². The number of carbonyl (C=O) groups is 2. The molecule has 1 fully saturated rings. The van der Waals surface area contributed by atoms with E-state index >= 15 is 0 Å². The molecule has 1 aliphatic rings. The molecular formula is C18H27N3O3. The molecular weight excluding hydrogens is 306 g/mol. The van der Waals surface area contributed by atoms with Crippen molar-refractivity contribution in [1.82, 2.24) is 16.0 Å². The van der Waals surface area contributed by atoms with Crippen LogP contribution in [0.1, 0.15) is 32.3 Å². The van der Waals surface area contributed by atoms with Gasteiger partial charge in [0, 0.05) is 25.7 Å². The highest BCUT2D eigenvalue weighted by molar-refractivity contribution is 5.81. The molecule has 1 aromatic carbocycles. The largest absolute Gasteiger partial charge is 0.445 e. The quantitative estimate of drug-likeness (QED) is 0.711. The van der Waals surface area contributed by atoms with Gasteiger partial charge in [-0.05, 0) is 32.3 Å². The molecule has 0 spiro atoms. The summed E-state index contributed by atoms with van der Waals surface area (Å²) in [4.78, 5) is 23.5. The third kappa shape index (κ3) is 5.23. The van der Waals surface area contributed by atoms with Crippen LogP contribution in [0.5, 0.6) is 0 Å². The van der Waals surface area contributed by atoms with Crippen LogP contribution in [-0.4, -0.2) is 37.7 Å². The van der Waals surface area contributed by atoms with Crippen molar-refractivity contribution in [3.8, 4) is 0 Å². The number of carbonyl (C=O) groups excluding carboxylic acids is 2. The van der Waals surface area contributed by atoms with Crippen molar-refractivity contribution in [2.45, 2.75) is 45.4 Å². The number of alkyl carbamates (subject to hydrolysis) is 1. The maximum Gasteiger partial charge on any atom is 0.407 e. The molecule has 1 aromatic rings. The molecule has 2 rings (SSSR count). The van der Waals surface area contributed by atoms with Gasteiger partial charge in [0.15, 0.2) is 0 Å². The molecule has 0 bridgehead atoms. The lowest BCUT2D eigenvalue weighted by Crippen LogP contribution is -2.55. The first-order valence-electron chi connectivity index (χ1n) is 8.33. The van der Waals surface area contributed by atoms with Crippen LogP contribution in [0, 0.1) is 5.41 Å². The maximum absolute atomic E-state index is 11.8. The molecule has 0 heterocycles. The predicted octanol–water partition coefficient (Wildman–Crippen LogP) is 1.81. The summed E-state index contributed by atoms with van der Waals surface area (Å²) in [6, 6.07) is 10.1. The van der Waals surface area contributed by atoms with Gasteiger partial charge in [-0.1, -0.05) is 30.3 Å². The second-order valence-corrected chi connectivity index (χ2v) is 6.92. The Bertz CT molecular complexity index is 554. The monoisotopic (exact) mass is 333 g/mol. The Morgan fingerprint density at radius 1 is 1.17 bits per heavy atom. The topological polar surface area (TPSA) is 79.5 Å². The van der Waals surface area contributed by atoms with Crippen molar-refractivity contribution >= 4 is 12.0 Å². The van der Waals surface area contributed by atoms with E-state index in [0.717, 1.165) is 18.4 Å². The summed E-state index contributed by atoms with van der Waals surface area (Å²) >= 11 is 0. The first kappa shape index (κ1) is 18.3. The van der Waals surface area contributed by atoms with Gasteiger partial charge in [0.05, 0.1) is 5.41 Å². The molecule has 0 aliphatic heterocycles. The molecule has 0 radical (unpaired) electrons. The molecule has 3 N–H and O–H groups in total. The Morgan fingerprint density at radius 3 is 2.46 bits per heavy atom. The molecule has 24 heavy (non-hydrogen) atoms. The summed E-state index contributed by atoms with van der Waals surface area (Å²) in [5, 5.41) is 8.92. The van der Waals surface area contributed by atoms with Gasteiger partial charge in [0.2, 0.25) is 5.91 Å². The van der Waals surface area contributed by atoms with E-state index < -0.39 is 5.41 Å². The summed E-state index contributed by atoms with van der Waals surface area (Å²) in [6.07, 6.45) is 1.32. The molecule has 1 aliphatic carbocycles. The summed E-state index contributed by atoms with van der Waals surface area (Å²) in [7, 11) is 1.65. The lowest BCUT2D eigenvalue weighted by molar-refractivity contribution is -0.128.